The van der Waals surface area contributed by atoms with Gasteiger partial charge in [0.25, 0.3) is 0 Å². The Morgan fingerprint density at radius 1 is 1.18 bits per heavy atom. The SMILES string of the molecule is c1ccc2c(CCCNC3CC3)cncc2c1. The Hall–Kier alpha value is -1.41. The van der Waals surface area contributed by atoms with Crippen LogP contribution in [-0.4, -0.2) is 17.6 Å². The third-order valence-corrected chi connectivity index (χ3v) is 3.38. The molecule has 1 aromatic carbocycles. The molecular weight excluding hydrogens is 208 g/mol. The minimum absolute atomic E-state index is 0.820. The van der Waals surface area contributed by atoms with Gasteiger partial charge < -0.3 is 5.32 Å². The van der Waals surface area contributed by atoms with Gasteiger partial charge in [0.05, 0.1) is 0 Å². The predicted molar refractivity (Wildman–Crippen MR) is 71.1 cm³/mol. The van der Waals surface area contributed by atoms with E-state index in [1.807, 2.05) is 12.4 Å². The Morgan fingerprint density at radius 3 is 2.94 bits per heavy atom. The van der Waals surface area contributed by atoms with E-state index >= 15 is 0 Å². The van der Waals surface area contributed by atoms with E-state index in [2.05, 4.69) is 34.6 Å². The lowest BCUT2D eigenvalue weighted by molar-refractivity contribution is 0.646. The molecule has 0 spiro atoms. The summed E-state index contributed by atoms with van der Waals surface area (Å²) in [5, 5.41) is 6.16. The van der Waals surface area contributed by atoms with Crippen molar-refractivity contribution in [2.24, 2.45) is 0 Å². The van der Waals surface area contributed by atoms with Crippen molar-refractivity contribution in [1.29, 1.82) is 0 Å². The van der Waals surface area contributed by atoms with Gasteiger partial charge in [-0.25, -0.2) is 0 Å². The van der Waals surface area contributed by atoms with Crippen molar-refractivity contribution in [2.45, 2.75) is 31.7 Å². The molecule has 0 saturated heterocycles. The summed E-state index contributed by atoms with van der Waals surface area (Å²) in [5.41, 5.74) is 1.38. The molecule has 1 saturated carbocycles. The average Bonchev–Trinajstić information content (AvgIpc) is 3.19. The molecule has 17 heavy (non-hydrogen) atoms. The number of aryl methyl sites for hydroxylation is 1. The van der Waals surface area contributed by atoms with Crippen molar-refractivity contribution in [1.82, 2.24) is 10.3 Å². The molecule has 0 unspecified atom stereocenters. The van der Waals surface area contributed by atoms with Crippen molar-refractivity contribution in [3.63, 3.8) is 0 Å². The zero-order chi connectivity index (χ0) is 11.5. The molecule has 1 fully saturated rings. The van der Waals surface area contributed by atoms with Gasteiger partial charge in [-0.1, -0.05) is 24.3 Å². The predicted octanol–water partition coefficient (Wildman–Crippen LogP) is 2.92. The second-order valence-corrected chi connectivity index (χ2v) is 4.85. The second kappa shape index (κ2) is 4.84. The van der Waals surface area contributed by atoms with E-state index in [4.69, 9.17) is 0 Å². The summed E-state index contributed by atoms with van der Waals surface area (Å²) < 4.78 is 0. The van der Waals surface area contributed by atoms with Crippen molar-refractivity contribution < 1.29 is 0 Å². The Balaban J connectivity index is 1.66. The normalized spacial score (nSPS) is 15.3. The maximum absolute atomic E-state index is 4.32. The molecule has 0 bridgehead atoms. The third kappa shape index (κ3) is 2.64. The van der Waals surface area contributed by atoms with E-state index in [1.54, 1.807) is 0 Å². The van der Waals surface area contributed by atoms with Gasteiger partial charge in [0.15, 0.2) is 0 Å². The maximum atomic E-state index is 4.32. The molecule has 1 aliphatic carbocycles. The van der Waals surface area contributed by atoms with Crippen LogP contribution in [0.2, 0.25) is 0 Å². The molecule has 2 nitrogen and oxygen atoms in total. The van der Waals surface area contributed by atoms with Crippen molar-refractivity contribution >= 4 is 10.8 Å². The molecular formula is C15H18N2. The number of benzene rings is 1. The zero-order valence-electron chi connectivity index (χ0n) is 10.0. The standard InChI is InChI=1S/C15H18N2/c1-2-6-15-12(4-1)10-16-11-13(15)5-3-9-17-14-7-8-14/h1-2,4,6,10-11,14,17H,3,5,7-9H2. The van der Waals surface area contributed by atoms with E-state index in [-0.39, 0.29) is 0 Å². The first kappa shape index (κ1) is 10.7. The highest BCUT2D eigenvalue weighted by atomic mass is 14.9. The van der Waals surface area contributed by atoms with Crippen LogP contribution < -0.4 is 5.32 Å². The molecule has 1 aromatic heterocycles. The van der Waals surface area contributed by atoms with Crippen LogP contribution in [0.1, 0.15) is 24.8 Å². The molecule has 1 N–H and O–H groups in total. The van der Waals surface area contributed by atoms with Crippen LogP contribution in [0.25, 0.3) is 10.8 Å². The fourth-order valence-electron chi connectivity index (χ4n) is 2.25. The van der Waals surface area contributed by atoms with Crippen LogP contribution in [0, 0.1) is 0 Å². The van der Waals surface area contributed by atoms with Gasteiger partial charge in [-0.15, -0.1) is 0 Å². The van der Waals surface area contributed by atoms with Crippen LogP contribution in [0.15, 0.2) is 36.7 Å². The molecule has 1 aliphatic rings. The Morgan fingerprint density at radius 2 is 2.06 bits per heavy atom. The monoisotopic (exact) mass is 226 g/mol. The van der Waals surface area contributed by atoms with E-state index < -0.39 is 0 Å². The second-order valence-electron chi connectivity index (χ2n) is 4.85. The number of hydrogen-bond donors (Lipinski definition) is 1. The molecule has 3 rings (SSSR count). The van der Waals surface area contributed by atoms with Crippen molar-refractivity contribution in [3.05, 3.63) is 42.2 Å². The highest BCUT2D eigenvalue weighted by Gasteiger charge is 2.19. The van der Waals surface area contributed by atoms with E-state index in [9.17, 15) is 0 Å². The number of pyridine rings is 1. The van der Waals surface area contributed by atoms with E-state index in [1.165, 1.54) is 35.6 Å². The number of rotatable bonds is 5. The van der Waals surface area contributed by atoms with E-state index in [0.29, 0.717) is 0 Å². The quantitative estimate of drug-likeness (QED) is 0.793. The first-order chi connectivity index (χ1) is 8.43. The molecule has 0 atom stereocenters. The minimum Gasteiger partial charge on any atom is -0.314 e. The summed E-state index contributed by atoms with van der Waals surface area (Å²) in [5.74, 6) is 0. The largest absolute Gasteiger partial charge is 0.314 e. The van der Waals surface area contributed by atoms with Gasteiger partial charge in [0, 0.05) is 23.8 Å². The van der Waals surface area contributed by atoms with Crippen molar-refractivity contribution in [2.75, 3.05) is 6.54 Å². The van der Waals surface area contributed by atoms with Gasteiger partial charge in [0.1, 0.15) is 0 Å². The topological polar surface area (TPSA) is 24.9 Å². The van der Waals surface area contributed by atoms with Crippen LogP contribution >= 0.6 is 0 Å². The summed E-state index contributed by atoms with van der Waals surface area (Å²) in [6, 6.07) is 9.33. The Labute approximate surface area is 102 Å². The Bertz CT molecular complexity index is 498. The highest BCUT2D eigenvalue weighted by molar-refractivity contribution is 5.84. The van der Waals surface area contributed by atoms with Gasteiger partial charge in [-0.2, -0.15) is 0 Å². The molecule has 1 heterocycles. The lowest BCUT2D eigenvalue weighted by Crippen LogP contribution is -2.17. The van der Waals surface area contributed by atoms with Gasteiger partial charge in [-0.05, 0) is 43.2 Å². The van der Waals surface area contributed by atoms with Crippen LogP contribution in [0.4, 0.5) is 0 Å². The number of aromatic nitrogens is 1. The van der Waals surface area contributed by atoms with Crippen molar-refractivity contribution in [3.8, 4) is 0 Å². The lowest BCUT2D eigenvalue weighted by atomic mass is 10.0. The summed E-state index contributed by atoms with van der Waals surface area (Å²) in [6.45, 7) is 1.13. The lowest BCUT2D eigenvalue weighted by Gasteiger charge is -2.06. The van der Waals surface area contributed by atoms with Gasteiger partial charge in [0.2, 0.25) is 0 Å². The van der Waals surface area contributed by atoms with Gasteiger partial charge in [-0.3, -0.25) is 4.98 Å². The molecule has 2 heteroatoms. The number of nitrogens with one attached hydrogen (secondary N) is 1. The number of hydrogen-bond acceptors (Lipinski definition) is 2. The highest BCUT2D eigenvalue weighted by Crippen LogP contribution is 2.20. The summed E-state index contributed by atoms with van der Waals surface area (Å²) in [4.78, 5) is 4.32. The number of fused-ring (bicyclic) bond motifs is 1. The number of nitrogens with zero attached hydrogens (tertiary/aromatic N) is 1. The first-order valence-electron chi connectivity index (χ1n) is 6.48. The van der Waals surface area contributed by atoms with Crippen LogP contribution in [0.3, 0.4) is 0 Å². The zero-order valence-corrected chi connectivity index (χ0v) is 10.0. The fourth-order valence-corrected chi connectivity index (χ4v) is 2.25. The molecule has 0 amide bonds. The van der Waals surface area contributed by atoms with Gasteiger partial charge >= 0.3 is 0 Å². The summed E-state index contributed by atoms with van der Waals surface area (Å²) in [6.07, 6.45) is 9.02. The molecule has 88 valence electrons. The first-order valence-corrected chi connectivity index (χ1v) is 6.48. The maximum Gasteiger partial charge on any atom is 0.0346 e. The van der Waals surface area contributed by atoms with Crippen LogP contribution in [-0.2, 0) is 6.42 Å². The third-order valence-electron chi connectivity index (χ3n) is 3.38. The molecule has 0 aliphatic heterocycles. The smallest absolute Gasteiger partial charge is 0.0346 e. The Kier molecular flexibility index (Phi) is 3.06. The summed E-state index contributed by atoms with van der Waals surface area (Å²) >= 11 is 0. The molecule has 2 aromatic rings. The van der Waals surface area contributed by atoms with E-state index in [0.717, 1.165) is 19.0 Å². The fraction of sp³-hybridized carbons (Fsp3) is 0.400. The summed E-state index contributed by atoms with van der Waals surface area (Å²) in [7, 11) is 0. The minimum atomic E-state index is 0.820. The van der Waals surface area contributed by atoms with Crippen LogP contribution in [0.5, 0.6) is 0 Å². The molecule has 0 radical (unpaired) electrons. The average molecular weight is 226 g/mol.